The van der Waals surface area contributed by atoms with Crippen molar-refractivity contribution in [3.05, 3.63) is 57.7 Å². The molecule has 1 saturated carbocycles. The minimum absolute atomic E-state index is 0.0581. The highest BCUT2D eigenvalue weighted by Crippen LogP contribution is 2.25. The van der Waals surface area contributed by atoms with E-state index in [0.717, 1.165) is 25.7 Å². The normalized spacial score (nSPS) is 19.4. The molecule has 0 spiro atoms. The lowest BCUT2D eigenvalue weighted by Gasteiger charge is -2.29. The van der Waals surface area contributed by atoms with Crippen molar-refractivity contribution in [2.45, 2.75) is 37.8 Å². The van der Waals surface area contributed by atoms with Crippen LogP contribution in [0.4, 0.5) is 0 Å². The summed E-state index contributed by atoms with van der Waals surface area (Å²) < 4.78 is 5.86. The van der Waals surface area contributed by atoms with Gasteiger partial charge in [0.2, 0.25) is 5.88 Å². The van der Waals surface area contributed by atoms with Crippen LogP contribution in [0.25, 0.3) is 0 Å². The lowest BCUT2D eigenvalue weighted by Crippen LogP contribution is -2.39. The average Bonchev–Trinajstić information content (AvgIpc) is 2.64. The van der Waals surface area contributed by atoms with Crippen molar-refractivity contribution in [1.29, 1.82) is 5.26 Å². The minimum Gasteiger partial charge on any atom is -0.474 e. The molecule has 0 unspecified atom stereocenters. The Morgan fingerprint density at radius 3 is 2.58 bits per heavy atom. The molecule has 1 fully saturated rings. The van der Waals surface area contributed by atoms with E-state index in [1.54, 1.807) is 30.3 Å². The van der Waals surface area contributed by atoms with Gasteiger partial charge in [-0.25, -0.2) is 4.98 Å². The Balaban J connectivity index is 1.50. The molecule has 1 N–H and O–H groups in total. The van der Waals surface area contributed by atoms with Crippen LogP contribution in [0.2, 0.25) is 10.0 Å². The second-order valence-electron chi connectivity index (χ2n) is 6.19. The Hall–Kier alpha value is -2.29. The second kappa shape index (κ2) is 8.39. The molecule has 0 atom stereocenters. The number of nitrogens with zero attached hydrogens (tertiary/aromatic N) is 2. The summed E-state index contributed by atoms with van der Waals surface area (Å²) in [4.78, 5) is 16.5. The summed E-state index contributed by atoms with van der Waals surface area (Å²) in [5, 5.41) is 12.7. The molecule has 1 heterocycles. The Kier molecular flexibility index (Phi) is 5.97. The predicted octanol–water partition coefficient (Wildman–Crippen LogP) is 4.38. The van der Waals surface area contributed by atoms with Gasteiger partial charge >= 0.3 is 0 Å². The summed E-state index contributed by atoms with van der Waals surface area (Å²) in [7, 11) is 0. The molecule has 1 aliphatic rings. The molecule has 0 bridgehead atoms. The second-order valence-corrected chi connectivity index (χ2v) is 7.03. The van der Waals surface area contributed by atoms with Crippen LogP contribution >= 0.6 is 23.2 Å². The summed E-state index contributed by atoms with van der Waals surface area (Å²) in [5.74, 6) is 0.328. The largest absolute Gasteiger partial charge is 0.474 e. The van der Waals surface area contributed by atoms with Gasteiger partial charge in [0.1, 0.15) is 12.2 Å². The molecule has 26 heavy (non-hydrogen) atoms. The van der Waals surface area contributed by atoms with E-state index >= 15 is 0 Å². The van der Waals surface area contributed by atoms with Gasteiger partial charge in [0.05, 0.1) is 16.1 Å². The Labute approximate surface area is 161 Å². The fourth-order valence-electron chi connectivity index (χ4n) is 2.95. The van der Waals surface area contributed by atoms with E-state index in [2.05, 4.69) is 10.3 Å². The van der Waals surface area contributed by atoms with Crippen LogP contribution in [-0.4, -0.2) is 23.0 Å². The zero-order chi connectivity index (χ0) is 18.5. The maximum absolute atomic E-state index is 12.4. The molecule has 1 amide bonds. The quantitative estimate of drug-likeness (QED) is 0.841. The summed E-state index contributed by atoms with van der Waals surface area (Å²) in [6.45, 7) is 0. The molecule has 1 aromatic carbocycles. The van der Waals surface area contributed by atoms with Crippen molar-refractivity contribution in [2.75, 3.05) is 0 Å². The number of carbonyl (C=O) groups is 1. The molecule has 1 aliphatic carbocycles. The van der Waals surface area contributed by atoms with E-state index < -0.39 is 0 Å². The highest BCUT2D eigenvalue weighted by Gasteiger charge is 2.24. The number of halogens is 2. The lowest BCUT2D eigenvalue weighted by atomic mass is 9.92. The van der Waals surface area contributed by atoms with Crippen LogP contribution < -0.4 is 10.1 Å². The summed E-state index contributed by atoms with van der Waals surface area (Å²) in [6, 6.07) is 10.3. The number of benzene rings is 1. The lowest BCUT2D eigenvalue weighted by molar-refractivity contribution is 0.0890. The number of nitrogens with one attached hydrogen (secondary N) is 1. The molecule has 0 aliphatic heterocycles. The molecule has 7 heteroatoms. The van der Waals surface area contributed by atoms with Crippen LogP contribution in [0.15, 0.2) is 36.5 Å². The Morgan fingerprint density at radius 2 is 1.96 bits per heavy atom. The highest BCUT2D eigenvalue weighted by atomic mass is 35.5. The maximum atomic E-state index is 12.4. The number of carbonyl (C=O) groups excluding carboxylic acids is 1. The molecule has 134 valence electrons. The maximum Gasteiger partial charge on any atom is 0.253 e. The molecular weight excluding hydrogens is 373 g/mol. The first-order valence-corrected chi connectivity index (χ1v) is 9.09. The highest BCUT2D eigenvalue weighted by molar-refractivity contribution is 6.36. The number of rotatable bonds is 4. The fourth-order valence-corrected chi connectivity index (χ4v) is 3.44. The third-order valence-corrected chi connectivity index (χ3v) is 4.89. The van der Waals surface area contributed by atoms with Crippen molar-refractivity contribution in [3.63, 3.8) is 0 Å². The van der Waals surface area contributed by atoms with E-state index in [1.165, 1.54) is 6.20 Å². The van der Waals surface area contributed by atoms with Gasteiger partial charge in [-0.15, -0.1) is 0 Å². The predicted molar refractivity (Wildman–Crippen MR) is 99.6 cm³/mol. The Morgan fingerprint density at radius 1 is 1.19 bits per heavy atom. The number of nitriles is 1. The number of amides is 1. The number of hydrogen-bond donors (Lipinski definition) is 1. The first-order chi connectivity index (χ1) is 12.5. The van der Waals surface area contributed by atoms with Crippen molar-refractivity contribution in [3.8, 4) is 11.9 Å². The minimum atomic E-state index is -0.190. The fraction of sp³-hybridized carbons (Fsp3) is 0.316. The van der Waals surface area contributed by atoms with Gasteiger partial charge in [-0.2, -0.15) is 5.26 Å². The van der Waals surface area contributed by atoms with Gasteiger partial charge in [0, 0.05) is 23.3 Å². The van der Waals surface area contributed by atoms with E-state index in [1.807, 2.05) is 6.07 Å². The van der Waals surface area contributed by atoms with E-state index in [-0.39, 0.29) is 18.1 Å². The van der Waals surface area contributed by atoms with E-state index in [0.29, 0.717) is 27.1 Å². The SMILES string of the molecule is N#Cc1ccc(OC2CCC(NC(=O)c3ccc(Cl)cc3Cl)CC2)nc1. The summed E-state index contributed by atoms with van der Waals surface area (Å²) in [6.07, 6.45) is 4.83. The van der Waals surface area contributed by atoms with Crippen molar-refractivity contribution in [1.82, 2.24) is 10.3 Å². The van der Waals surface area contributed by atoms with Crippen molar-refractivity contribution < 1.29 is 9.53 Å². The van der Waals surface area contributed by atoms with Gasteiger partial charge in [-0.1, -0.05) is 23.2 Å². The first kappa shape index (κ1) is 18.5. The molecule has 3 rings (SSSR count). The van der Waals surface area contributed by atoms with Crippen LogP contribution in [0, 0.1) is 11.3 Å². The standard InChI is InChI=1S/C19H17Cl2N3O2/c20-13-2-7-16(17(21)9-13)19(25)24-14-3-5-15(6-4-14)26-18-8-1-12(10-22)11-23-18/h1-2,7-9,11,14-15H,3-6H2,(H,24,25). The van der Waals surface area contributed by atoms with E-state index in [9.17, 15) is 4.79 Å². The molecule has 1 aromatic heterocycles. The molecule has 0 saturated heterocycles. The monoisotopic (exact) mass is 389 g/mol. The van der Waals surface area contributed by atoms with Crippen molar-refractivity contribution in [2.24, 2.45) is 0 Å². The van der Waals surface area contributed by atoms with Gasteiger partial charge in [0.25, 0.3) is 5.91 Å². The zero-order valence-electron chi connectivity index (χ0n) is 13.9. The third kappa shape index (κ3) is 4.66. The molecule has 2 aromatic rings. The van der Waals surface area contributed by atoms with Crippen molar-refractivity contribution >= 4 is 29.1 Å². The smallest absolute Gasteiger partial charge is 0.253 e. The van der Waals surface area contributed by atoms with Crippen LogP contribution in [-0.2, 0) is 0 Å². The summed E-state index contributed by atoms with van der Waals surface area (Å²) >= 11 is 11.9. The number of hydrogen-bond acceptors (Lipinski definition) is 4. The van der Waals surface area contributed by atoms with Gasteiger partial charge in [0.15, 0.2) is 0 Å². The molecule has 5 nitrogen and oxygen atoms in total. The first-order valence-electron chi connectivity index (χ1n) is 8.34. The Bertz CT molecular complexity index is 826. The zero-order valence-corrected chi connectivity index (χ0v) is 15.4. The van der Waals surface area contributed by atoms with Gasteiger partial charge in [-0.3, -0.25) is 4.79 Å². The van der Waals surface area contributed by atoms with Crippen LogP contribution in [0.1, 0.15) is 41.6 Å². The van der Waals surface area contributed by atoms with Crippen LogP contribution in [0.3, 0.4) is 0 Å². The number of pyridine rings is 1. The average molecular weight is 390 g/mol. The van der Waals surface area contributed by atoms with E-state index in [4.69, 9.17) is 33.2 Å². The van der Waals surface area contributed by atoms with Crippen LogP contribution in [0.5, 0.6) is 5.88 Å². The third-order valence-electron chi connectivity index (χ3n) is 4.34. The summed E-state index contributed by atoms with van der Waals surface area (Å²) in [5.41, 5.74) is 0.931. The van der Waals surface area contributed by atoms with Gasteiger partial charge < -0.3 is 10.1 Å². The molecular formula is C19H17Cl2N3O2. The van der Waals surface area contributed by atoms with Gasteiger partial charge in [-0.05, 0) is 49.9 Å². The number of ether oxygens (including phenoxy) is 1. The number of aromatic nitrogens is 1. The molecule has 0 radical (unpaired) electrons. The topological polar surface area (TPSA) is 75.0 Å².